The fourth-order valence-electron chi connectivity index (χ4n) is 2.08. The lowest BCUT2D eigenvalue weighted by Crippen LogP contribution is -2.50. The third kappa shape index (κ3) is 2.90. The molecule has 2 rings (SSSR count). The number of likely N-dealkylation sites (tertiary alicyclic amines) is 1. The van der Waals surface area contributed by atoms with Gasteiger partial charge in [0.1, 0.15) is 5.82 Å². The first-order valence-electron chi connectivity index (χ1n) is 5.93. The van der Waals surface area contributed by atoms with E-state index in [4.69, 9.17) is 5.73 Å². The van der Waals surface area contributed by atoms with Crippen LogP contribution in [0.4, 0.5) is 4.39 Å². The summed E-state index contributed by atoms with van der Waals surface area (Å²) in [5, 5.41) is 0. The molecular weight excluding hydrogens is 219 g/mol. The number of hydrogen-bond acceptors (Lipinski definition) is 3. The summed E-state index contributed by atoms with van der Waals surface area (Å²) in [5.41, 5.74) is 6.03. The zero-order valence-electron chi connectivity index (χ0n) is 9.73. The second-order valence-electron chi connectivity index (χ2n) is 4.47. The maximum atomic E-state index is 12.7. The molecule has 1 aromatic carbocycles. The molecule has 0 spiro atoms. The van der Waals surface area contributed by atoms with Crippen molar-refractivity contribution in [2.45, 2.75) is 6.42 Å². The highest BCUT2D eigenvalue weighted by atomic mass is 19.1. The second-order valence-corrected chi connectivity index (χ2v) is 4.47. The number of benzene rings is 1. The van der Waals surface area contributed by atoms with Crippen molar-refractivity contribution < 1.29 is 9.18 Å². The Morgan fingerprint density at radius 1 is 1.35 bits per heavy atom. The average Bonchev–Trinajstić information content (AvgIpc) is 2.28. The van der Waals surface area contributed by atoms with Gasteiger partial charge in [0.25, 0.3) is 0 Å². The van der Waals surface area contributed by atoms with E-state index in [-0.39, 0.29) is 17.5 Å². The van der Waals surface area contributed by atoms with E-state index in [1.54, 1.807) is 12.1 Å². The van der Waals surface area contributed by atoms with Crippen LogP contribution in [0.15, 0.2) is 24.3 Å². The molecule has 1 aromatic rings. The molecular formula is C13H17FN2O. The van der Waals surface area contributed by atoms with E-state index in [1.165, 1.54) is 12.1 Å². The van der Waals surface area contributed by atoms with Gasteiger partial charge in [-0.2, -0.15) is 0 Å². The summed E-state index contributed by atoms with van der Waals surface area (Å²) in [4.78, 5) is 14.2. The zero-order chi connectivity index (χ0) is 12.3. The van der Waals surface area contributed by atoms with Gasteiger partial charge in [0.05, 0.1) is 0 Å². The van der Waals surface area contributed by atoms with Crippen LogP contribution in [0, 0.1) is 11.7 Å². The Bertz CT molecular complexity index is 385. The van der Waals surface area contributed by atoms with Crippen molar-refractivity contribution >= 4 is 5.78 Å². The van der Waals surface area contributed by atoms with Gasteiger partial charge in [-0.3, -0.25) is 4.79 Å². The van der Waals surface area contributed by atoms with Crippen molar-refractivity contribution in [2.75, 3.05) is 26.2 Å². The van der Waals surface area contributed by atoms with E-state index in [2.05, 4.69) is 4.90 Å². The normalized spacial score (nSPS) is 16.8. The maximum Gasteiger partial charge on any atom is 0.168 e. The van der Waals surface area contributed by atoms with Crippen molar-refractivity contribution in [3.05, 3.63) is 35.6 Å². The molecule has 1 aliphatic heterocycles. The Balaban J connectivity index is 1.85. The lowest BCUT2D eigenvalue weighted by Gasteiger charge is -2.38. The number of Topliss-reactive ketones (excluding diaryl/α,β-unsaturated/α-hetero) is 1. The number of carbonyl (C=O) groups is 1. The third-order valence-electron chi connectivity index (χ3n) is 3.14. The zero-order valence-corrected chi connectivity index (χ0v) is 9.73. The smallest absolute Gasteiger partial charge is 0.168 e. The standard InChI is InChI=1S/C13H17FN2O/c14-12-4-2-10(3-5-12)13(17)11-8-16(9-11)7-1-6-15/h2-5,11H,1,6-9,15H2. The molecule has 1 heterocycles. The van der Waals surface area contributed by atoms with Crippen molar-refractivity contribution in [1.82, 2.24) is 4.90 Å². The summed E-state index contributed by atoms with van der Waals surface area (Å²) in [7, 11) is 0. The van der Waals surface area contributed by atoms with Gasteiger partial charge in [-0.25, -0.2) is 4.39 Å². The van der Waals surface area contributed by atoms with Gasteiger partial charge in [-0.05, 0) is 43.8 Å². The molecule has 2 N–H and O–H groups in total. The number of nitrogens with two attached hydrogens (primary N) is 1. The fraction of sp³-hybridized carbons (Fsp3) is 0.462. The third-order valence-corrected chi connectivity index (χ3v) is 3.14. The summed E-state index contributed by atoms with van der Waals surface area (Å²) in [6.07, 6.45) is 0.970. The molecule has 0 radical (unpaired) electrons. The van der Waals surface area contributed by atoms with Gasteiger partial charge in [-0.15, -0.1) is 0 Å². The van der Waals surface area contributed by atoms with E-state index < -0.39 is 0 Å². The lowest BCUT2D eigenvalue weighted by molar-refractivity contribution is 0.0622. The van der Waals surface area contributed by atoms with Crippen molar-refractivity contribution in [3.63, 3.8) is 0 Å². The molecule has 0 aromatic heterocycles. The number of rotatable bonds is 5. The summed E-state index contributed by atoms with van der Waals surface area (Å²) in [6, 6.07) is 5.77. The minimum Gasteiger partial charge on any atom is -0.330 e. The van der Waals surface area contributed by atoms with Crippen LogP contribution in [0.2, 0.25) is 0 Å². The van der Waals surface area contributed by atoms with Crippen LogP contribution in [-0.2, 0) is 0 Å². The van der Waals surface area contributed by atoms with Gasteiger partial charge in [0.15, 0.2) is 5.78 Å². The first-order chi connectivity index (χ1) is 8.20. The van der Waals surface area contributed by atoms with Crippen LogP contribution in [-0.4, -0.2) is 36.9 Å². The van der Waals surface area contributed by atoms with Crippen LogP contribution in [0.3, 0.4) is 0 Å². The molecule has 92 valence electrons. The molecule has 17 heavy (non-hydrogen) atoms. The monoisotopic (exact) mass is 236 g/mol. The highest BCUT2D eigenvalue weighted by Gasteiger charge is 2.32. The van der Waals surface area contributed by atoms with Gasteiger partial charge in [-0.1, -0.05) is 0 Å². The van der Waals surface area contributed by atoms with E-state index in [0.29, 0.717) is 12.1 Å². The SMILES string of the molecule is NCCCN1CC(C(=O)c2ccc(F)cc2)C1. The molecule has 0 unspecified atom stereocenters. The van der Waals surface area contributed by atoms with Gasteiger partial charge >= 0.3 is 0 Å². The van der Waals surface area contributed by atoms with Crippen LogP contribution >= 0.6 is 0 Å². The van der Waals surface area contributed by atoms with Gasteiger partial charge in [0, 0.05) is 24.6 Å². The van der Waals surface area contributed by atoms with E-state index >= 15 is 0 Å². The highest BCUT2D eigenvalue weighted by Crippen LogP contribution is 2.20. The van der Waals surface area contributed by atoms with E-state index in [0.717, 1.165) is 26.1 Å². The second kappa shape index (κ2) is 5.38. The fourth-order valence-corrected chi connectivity index (χ4v) is 2.08. The summed E-state index contributed by atoms with van der Waals surface area (Å²) >= 11 is 0. The van der Waals surface area contributed by atoms with Crippen molar-refractivity contribution in [2.24, 2.45) is 11.7 Å². The van der Waals surface area contributed by atoms with Crippen LogP contribution in [0.1, 0.15) is 16.8 Å². The molecule has 0 amide bonds. The van der Waals surface area contributed by atoms with E-state index in [1.807, 2.05) is 0 Å². The summed E-state index contributed by atoms with van der Waals surface area (Å²) in [5.74, 6) is -0.119. The number of nitrogens with zero attached hydrogens (tertiary/aromatic N) is 1. The quantitative estimate of drug-likeness (QED) is 0.784. The number of halogens is 1. The van der Waals surface area contributed by atoms with E-state index in [9.17, 15) is 9.18 Å². The van der Waals surface area contributed by atoms with Crippen molar-refractivity contribution in [1.29, 1.82) is 0 Å². The Hall–Kier alpha value is -1.26. The highest BCUT2D eigenvalue weighted by molar-refractivity contribution is 5.98. The molecule has 0 bridgehead atoms. The minimum atomic E-state index is -0.306. The molecule has 0 atom stereocenters. The Kier molecular flexibility index (Phi) is 3.86. The first-order valence-corrected chi connectivity index (χ1v) is 5.93. The molecule has 0 saturated carbocycles. The largest absolute Gasteiger partial charge is 0.330 e. The summed E-state index contributed by atoms with van der Waals surface area (Å²) in [6.45, 7) is 3.25. The van der Waals surface area contributed by atoms with Crippen molar-refractivity contribution in [3.8, 4) is 0 Å². The number of ketones is 1. The lowest BCUT2D eigenvalue weighted by atomic mass is 9.90. The molecule has 4 heteroatoms. The number of carbonyl (C=O) groups excluding carboxylic acids is 1. The summed E-state index contributed by atoms with van der Waals surface area (Å²) < 4.78 is 12.7. The molecule has 1 aliphatic rings. The minimum absolute atomic E-state index is 0.0678. The van der Waals surface area contributed by atoms with Gasteiger partial charge in [0.2, 0.25) is 0 Å². The molecule has 3 nitrogen and oxygen atoms in total. The predicted octanol–water partition coefficient (Wildman–Crippen LogP) is 1.29. The Morgan fingerprint density at radius 2 is 2.00 bits per heavy atom. The Labute approximate surface area is 100 Å². The molecule has 0 aliphatic carbocycles. The van der Waals surface area contributed by atoms with Crippen LogP contribution in [0.5, 0.6) is 0 Å². The van der Waals surface area contributed by atoms with Crippen LogP contribution in [0.25, 0.3) is 0 Å². The predicted molar refractivity (Wildman–Crippen MR) is 64.3 cm³/mol. The maximum absolute atomic E-state index is 12.7. The van der Waals surface area contributed by atoms with Crippen LogP contribution < -0.4 is 5.73 Å². The average molecular weight is 236 g/mol. The number of hydrogen-bond donors (Lipinski definition) is 1. The Morgan fingerprint density at radius 3 is 2.59 bits per heavy atom. The first kappa shape index (κ1) is 12.2. The molecule has 1 fully saturated rings. The van der Waals surface area contributed by atoms with Gasteiger partial charge < -0.3 is 10.6 Å². The molecule has 1 saturated heterocycles. The topological polar surface area (TPSA) is 46.3 Å².